The third-order valence-corrected chi connectivity index (χ3v) is 2.83. The number of halogens is 1. The van der Waals surface area contributed by atoms with Crippen LogP contribution in [0, 0.1) is 10.1 Å². The molecule has 1 saturated carbocycles. The summed E-state index contributed by atoms with van der Waals surface area (Å²) < 4.78 is 5.38. The molecule has 0 bridgehead atoms. The molecule has 1 aromatic carbocycles. The van der Waals surface area contributed by atoms with Gasteiger partial charge in [-0.1, -0.05) is 0 Å². The summed E-state index contributed by atoms with van der Waals surface area (Å²) in [6.07, 6.45) is 3.10. The van der Waals surface area contributed by atoms with E-state index in [-0.39, 0.29) is 5.69 Å². The van der Waals surface area contributed by atoms with Gasteiger partial charge >= 0.3 is 0 Å². The summed E-state index contributed by atoms with van der Waals surface area (Å²) in [6.45, 7) is 0. The van der Waals surface area contributed by atoms with Crippen molar-refractivity contribution in [2.45, 2.75) is 19.3 Å². The Morgan fingerprint density at radius 2 is 1.94 bits per heavy atom. The molecule has 16 heavy (non-hydrogen) atoms. The van der Waals surface area contributed by atoms with E-state index in [0.717, 1.165) is 24.8 Å². The predicted molar refractivity (Wildman–Crippen MR) is 60.5 cm³/mol. The molecule has 0 aromatic heterocycles. The van der Waals surface area contributed by atoms with Crippen LogP contribution in [-0.2, 0) is 0 Å². The van der Waals surface area contributed by atoms with Crippen molar-refractivity contribution in [3.63, 3.8) is 0 Å². The van der Waals surface area contributed by atoms with Crippen LogP contribution in [0.1, 0.15) is 19.3 Å². The molecule has 0 aliphatic heterocycles. The molecule has 0 spiro atoms. The number of nitrogens with zero attached hydrogens (tertiary/aromatic N) is 1. The molecule has 0 amide bonds. The normalized spacial score (nSPS) is 14.2. The van der Waals surface area contributed by atoms with Crippen molar-refractivity contribution in [3.05, 3.63) is 45.2 Å². The van der Waals surface area contributed by atoms with Crippen LogP contribution < -0.4 is 4.74 Å². The number of hydrogen-bond donors (Lipinski definition) is 0. The smallest absolute Gasteiger partial charge is 0.269 e. The van der Waals surface area contributed by atoms with Gasteiger partial charge in [0.15, 0.2) is 5.22 Å². The van der Waals surface area contributed by atoms with Gasteiger partial charge in [-0.2, -0.15) is 0 Å². The zero-order chi connectivity index (χ0) is 11.5. The van der Waals surface area contributed by atoms with Gasteiger partial charge in [-0.3, -0.25) is 10.1 Å². The van der Waals surface area contributed by atoms with Gasteiger partial charge < -0.3 is 4.74 Å². The third kappa shape index (κ3) is 2.33. The van der Waals surface area contributed by atoms with Crippen LogP contribution >= 0.6 is 11.6 Å². The van der Waals surface area contributed by atoms with Gasteiger partial charge in [-0.05, 0) is 48.6 Å². The minimum Gasteiger partial charge on any atom is -0.445 e. The lowest BCUT2D eigenvalue weighted by Crippen LogP contribution is -2.03. The first kappa shape index (κ1) is 11.0. The molecule has 1 aliphatic carbocycles. The quantitative estimate of drug-likeness (QED) is 0.460. The molecule has 0 saturated heterocycles. The van der Waals surface area contributed by atoms with E-state index in [1.807, 2.05) is 0 Å². The third-order valence-electron chi connectivity index (χ3n) is 2.49. The summed E-state index contributed by atoms with van der Waals surface area (Å²) in [6, 6.07) is 5.87. The molecule has 2 rings (SSSR count). The number of allylic oxidation sites excluding steroid dienone is 1. The average Bonchev–Trinajstić information content (AvgIpc) is 2.15. The maximum atomic E-state index is 10.4. The Kier molecular flexibility index (Phi) is 3.10. The molecule has 84 valence electrons. The Morgan fingerprint density at radius 3 is 2.38 bits per heavy atom. The lowest BCUT2D eigenvalue weighted by atomic mass is 9.94. The van der Waals surface area contributed by atoms with Crippen molar-refractivity contribution in [3.8, 4) is 5.75 Å². The summed E-state index contributed by atoms with van der Waals surface area (Å²) in [5.74, 6) is 0.523. The number of non-ortho nitro benzene ring substituents is 1. The second kappa shape index (κ2) is 4.53. The first-order valence-corrected chi connectivity index (χ1v) is 5.34. The Balaban J connectivity index is 2.08. The monoisotopic (exact) mass is 239 g/mol. The largest absolute Gasteiger partial charge is 0.445 e. The number of rotatable bonds is 3. The van der Waals surface area contributed by atoms with E-state index in [2.05, 4.69) is 0 Å². The zero-order valence-corrected chi connectivity index (χ0v) is 9.24. The number of nitro groups is 1. The molecule has 1 aromatic rings. The molecule has 5 heteroatoms. The Labute approximate surface area is 97.6 Å². The van der Waals surface area contributed by atoms with E-state index in [9.17, 15) is 10.1 Å². The van der Waals surface area contributed by atoms with Crippen molar-refractivity contribution in [1.82, 2.24) is 0 Å². The number of hydrogen-bond acceptors (Lipinski definition) is 3. The Morgan fingerprint density at radius 1 is 1.31 bits per heavy atom. The van der Waals surface area contributed by atoms with Gasteiger partial charge in [0.1, 0.15) is 5.75 Å². The standard InChI is InChI=1S/C11H10ClNO3/c12-11(8-2-1-3-8)16-10-6-4-9(5-7-10)13(14)15/h4-7H,1-3H2. The highest BCUT2D eigenvalue weighted by atomic mass is 35.5. The zero-order valence-electron chi connectivity index (χ0n) is 8.48. The molecule has 0 atom stereocenters. The van der Waals surface area contributed by atoms with Crippen LogP contribution in [0.4, 0.5) is 5.69 Å². The van der Waals surface area contributed by atoms with Gasteiger partial charge in [-0.25, -0.2) is 0 Å². The van der Waals surface area contributed by atoms with E-state index in [4.69, 9.17) is 16.3 Å². The molecule has 1 aliphatic rings. The highest BCUT2D eigenvalue weighted by Gasteiger charge is 2.15. The molecule has 0 heterocycles. The maximum absolute atomic E-state index is 10.4. The van der Waals surface area contributed by atoms with Crippen molar-refractivity contribution in [1.29, 1.82) is 0 Å². The van der Waals surface area contributed by atoms with Gasteiger partial charge in [0.2, 0.25) is 0 Å². The fourth-order valence-electron chi connectivity index (χ4n) is 1.36. The summed E-state index contributed by atoms with van der Waals surface area (Å²) >= 11 is 5.94. The molecule has 0 unspecified atom stereocenters. The fourth-order valence-corrected chi connectivity index (χ4v) is 1.64. The number of nitro benzene ring substituents is 1. The summed E-state index contributed by atoms with van der Waals surface area (Å²) in [7, 11) is 0. The van der Waals surface area contributed by atoms with Gasteiger partial charge in [0.25, 0.3) is 5.69 Å². The van der Waals surface area contributed by atoms with Crippen molar-refractivity contribution in [2.75, 3.05) is 0 Å². The lowest BCUT2D eigenvalue weighted by molar-refractivity contribution is -0.384. The number of ether oxygens (including phenoxy) is 1. The van der Waals surface area contributed by atoms with Crippen LogP contribution in [0.3, 0.4) is 0 Å². The molecule has 1 fully saturated rings. The summed E-state index contributed by atoms with van der Waals surface area (Å²) in [4.78, 5) is 9.98. The highest BCUT2D eigenvalue weighted by molar-refractivity contribution is 6.28. The minimum absolute atomic E-state index is 0.0415. The average molecular weight is 240 g/mol. The van der Waals surface area contributed by atoms with Crippen molar-refractivity contribution < 1.29 is 9.66 Å². The van der Waals surface area contributed by atoms with Crippen LogP contribution in [0.2, 0.25) is 0 Å². The highest BCUT2D eigenvalue weighted by Crippen LogP contribution is 2.32. The van der Waals surface area contributed by atoms with E-state index in [1.165, 1.54) is 12.1 Å². The summed E-state index contributed by atoms with van der Waals surface area (Å²) in [5.41, 5.74) is 1.15. The Hall–Kier alpha value is -1.55. The predicted octanol–water partition coefficient (Wildman–Crippen LogP) is 3.61. The lowest BCUT2D eigenvalue weighted by Gasteiger charge is -2.18. The van der Waals surface area contributed by atoms with Gasteiger partial charge in [0.05, 0.1) is 4.92 Å². The minimum atomic E-state index is -0.449. The number of benzene rings is 1. The second-order valence-electron chi connectivity index (χ2n) is 3.58. The molecule has 0 radical (unpaired) electrons. The first-order chi connectivity index (χ1) is 7.66. The topological polar surface area (TPSA) is 52.4 Å². The van der Waals surface area contributed by atoms with Gasteiger partial charge in [-0.15, -0.1) is 0 Å². The van der Waals surface area contributed by atoms with E-state index < -0.39 is 4.92 Å². The van der Waals surface area contributed by atoms with Crippen LogP contribution in [-0.4, -0.2) is 4.92 Å². The maximum Gasteiger partial charge on any atom is 0.269 e. The van der Waals surface area contributed by atoms with Crippen LogP contribution in [0.5, 0.6) is 5.75 Å². The van der Waals surface area contributed by atoms with E-state index >= 15 is 0 Å². The van der Waals surface area contributed by atoms with Crippen LogP contribution in [0.25, 0.3) is 0 Å². The molecule has 0 N–H and O–H groups in total. The molecule has 4 nitrogen and oxygen atoms in total. The molecular weight excluding hydrogens is 230 g/mol. The van der Waals surface area contributed by atoms with Crippen LogP contribution in [0.15, 0.2) is 35.1 Å². The van der Waals surface area contributed by atoms with Crippen molar-refractivity contribution in [2.24, 2.45) is 0 Å². The van der Waals surface area contributed by atoms with Crippen molar-refractivity contribution >= 4 is 17.3 Å². The molecular formula is C11H10ClNO3. The summed E-state index contributed by atoms with van der Waals surface area (Å²) in [5, 5.41) is 10.8. The Bertz CT molecular complexity index is 433. The first-order valence-electron chi connectivity index (χ1n) is 4.96. The second-order valence-corrected chi connectivity index (χ2v) is 3.93. The van der Waals surface area contributed by atoms with E-state index in [0.29, 0.717) is 11.0 Å². The fraction of sp³-hybridized carbons (Fsp3) is 0.273. The van der Waals surface area contributed by atoms with E-state index in [1.54, 1.807) is 12.1 Å². The SMILES string of the molecule is O=[N+]([O-])c1ccc(OC(Cl)=C2CCC2)cc1. The van der Waals surface area contributed by atoms with Gasteiger partial charge in [0, 0.05) is 12.1 Å².